The lowest BCUT2D eigenvalue weighted by molar-refractivity contribution is -0.274. The number of rotatable bonds is 6. The molecule has 1 aromatic carbocycles. The van der Waals surface area contributed by atoms with Crippen LogP contribution in [0.1, 0.15) is 12.5 Å². The molecule has 1 N–H and O–H groups in total. The predicted octanol–water partition coefficient (Wildman–Crippen LogP) is 2.24. The van der Waals surface area contributed by atoms with Crippen LogP contribution in [0, 0.1) is 0 Å². The molecule has 1 rings (SSSR count). The van der Waals surface area contributed by atoms with Gasteiger partial charge in [-0.2, -0.15) is 0 Å². The molecule has 4 nitrogen and oxygen atoms in total. The van der Waals surface area contributed by atoms with E-state index in [4.69, 9.17) is 4.74 Å². The largest absolute Gasteiger partial charge is 0.573 e. The van der Waals surface area contributed by atoms with Gasteiger partial charge in [-0.15, -0.1) is 13.2 Å². The zero-order chi connectivity index (χ0) is 14.3. The summed E-state index contributed by atoms with van der Waals surface area (Å²) >= 11 is 0. The molecule has 7 heteroatoms. The Kier molecular flexibility index (Phi) is 5.62. The normalized spacial score (nSPS) is 11.2. The molecule has 0 radical (unpaired) electrons. The van der Waals surface area contributed by atoms with Crippen LogP contribution in [0.4, 0.5) is 13.2 Å². The summed E-state index contributed by atoms with van der Waals surface area (Å²) in [6.07, 6.45) is -4.69. The molecule has 19 heavy (non-hydrogen) atoms. The highest BCUT2D eigenvalue weighted by Crippen LogP contribution is 2.22. The van der Waals surface area contributed by atoms with E-state index in [1.165, 1.54) is 24.3 Å². The lowest BCUT2D eigenvalue weighted by atomic mass is 10.2. The molecule has 0 fully saturated rings. The average molecular weight is 277 g/mol. The standard InChI is InChI=1S/C12H14F3NO3/c1-2-18-11(17)8-16-7-9-3-5-10(6-4-9)19-12(13,14)15/h3-6,16H,2,7-8H2,1H3. The number of hydrogen-bond donors (Lipinski definition) is 1. The first-order valence-corrected chi connectivity index (χ1v) is 5.61. The molecule has 0 bridgehead atoms. The smallest absolute Gasteiger partial charge is 0.465 e. The lowest BCUT2D eigenvalue weighted by Gasteiger charge is -2.09. The molecule has 0 aromatic heterocycles. The summed E-state index contributed by atoms with van der Waals surface area (Å²) in [7, 11) is 0. The van der Waals surface area contributed by atoms with E-state index in [0.717, 1.165) is 5.56 Å². The van der Waals surface area contributed by atoms with Crippen molar-refractivity contribution in [2.45, 2.75) is 19.8 Å². The topological polar surface area (TPSA) is 47.6 Å². The van der Waals surface area contributed by atoms with E-state index in [9.17, 15) is 18.0 Å². The number of halogens is 3. The zero-order valence-corrected chi connectivity index (χ0v) is 10.3. The van der Waals surface area contributed by atoms with Gasteiger partial charge in [0.25, 0.3) is 0 Å². The third-order valence-corrected chi connectivity index (χ3v) is 2.06. The summed E-state index contributed by atoms with van der Waals surface area (Å²) in [5.74, 6) is -0.652. The highest BCUT2D eigenvalue weighted by atomic mass is 19.4. The van der Waals surface area contributed by atoms with Crippen molar-refractivity contribution in [2.24, 2.45) is 0 Å². The Bertz CT molecular complexity index is 404. The Morgan fingerprint density at radius 3 is 2.42 bits per heavy atom. The minimum absolute atomic E-state index is 0.0502. The highest BCUT2D eigenvalue weighted by molar-refractivity contribution is 5.71. The predicted molar refractivity (Wildman–Crippen MR) is 61.5 cm³/mol. The van der Waals surface area contributed by atoms with Gasteiger partial charge in [-0.25, -0.2) is 0 Å². The van der Waals surface area contributed by atoms with E-state index in [1.807, 2.05) is 0 Å². The summed E-state index contributed by atoms with van der Waals surface area (Å²) in [5, 5.41) is 2.82. The number of hydrogen-bond acceptors (Lipinski definition) is 4. The average Bonchev–Trinajstić information content (AvgIpc) is 2.30. The monoisotopic (exact) mass is 277 g/mol. The number of alkyl halides is 3. The minimum atomic E-state index is -4.69. The van der Waals surface area contributed by atoms with Gasteiger partial charge in [0.2, 0.25) is 0 Å². The fourth-order valence-electron chi connectivity index (χ4n) is 1.33. The van der Waals surface area contributed by atoms with Crippen molar-refractivity contribution in [3.05, 3.63) is 29.8 Å². The number of nitrogens with one attached hydrogen (secondary N) is 1. The Balaban J connectivity index is 2.38. The summed E-state index contributed by atoms with van der Waals surface area (Å²) in [4.78, 5) is 11.0. The van der Waals surface area contributed by atoms with Crippen LogP contribution in [0.25, 0.3) is 0 Å². The first-order chi connectivity index (χ1) is 8.90. The van der Waals surface area contributed by atoms with Gasteiger partial charge in [-0.1, -0.05) is 12.1 Å². The van der Waals surface area contributed by atoms with E-state index >= 15 is 0 Å². The van der Waals surface area contributed by atoms with E-state index in [1.54, 1.807) is 6.92 Å². The van der Waals surface area contributed by atoms with E-state index < -0.39 is 6.36 Å². The summed E-state index contributed by atoms with van der Waals surface area (Å²) in [5.41, 5.74) is 0.735. The van der Waals surface area contributed by atoms with Gasteiger partial charge in [0.1, 0.15) is 5.75 Å². The molecule has 0 aliphatic rings. The zero-order valence-electron chi connectivity index (χ0n) is 10.3. The SMILES string of the molecule is CCOC(=O)CNCc1ccc(OC(F)(F)F)cc1. The first kappa shape index (κ1) is 15.3. The van der Waals surface area contributed by atoms with Crippen LogP contribution >= 0.6 is 0 Å². The molecule has 0 saturated carbocycles. The number of carbonyl (C=O) groups is 1. The van der Waals surface area contributed by atoms with Crippen molar-refractivity contribution in [3.8, 4) is 5.75 Å². The molecular weight excluding hydrogens is 263 g/mol. The molecule has 0 amide bonds. The third-order valence-electron chi connectivity index (χ3n) is 2.06. The van der Waals surface area contributed by atoms with Gasteiger partial charge in [-0.05, 0) is 24.6 Å². The molecule has 0 aliphatic heterocycles. The van der Waals surface area contributed by atoms with Gasteiger partial charge < -0.3 is 14.8 Å². The van der Waals surface area contributed by atoms with Crippen molar-refractivity contribution in [1.82, 2.24) is 5.32 Å². The molecule has 0 unspecified atom stereocenters. The molecule has 0 atom stereocenters. The van der Waals surface area contributed by atoms with E-state index in [-0.39, 0.29) is 18.3 Å². The van der Waals surface area contributed by atoms with Crippen LogP contribution in [0.5, 0.6) is 5.75 Å². The lowest BCUT2D eigenvalue weighted by Crippen LogP contribution is -2.24. The Labute approximate surface area is 108 Å². The van der Waals surface area contributed by atoms with Crippen LogP contribution in [-0.2, 0) is 16.1 Å². The first-order valence-electron chi connectivity index (χ1n) is 5.61. The van der Waals surface area contributed by atoms with Crippen LogP contribution in [-0.4, -0.2) is 25.5 Å². The third kappa shape index (κ3) is 6.66. The number of ether oxygens (including phenoxy) is 2. The second kappa shape index (κ2) is 6.98. The fourth-order valence-corrected chi connectivity index (χ4v) is 1.33. The van der Waals surface area contributed by atoms with Crippen LogP contribution < -0.4 is 10.1 Å². The summed E-state index contributed by atoms with van der Waals surface area (Å²) in [6.45, 7) is 2.42. The minimum Gasteiger partial charge on any atom is -0.465 e. The van der Waals surface area contributed by atoms with Crippen LogP contribution in [0.2, 0.25) is 0 Å². The van der Waals surface area contributed by atoms with Gasteiger partial charge in [-0.3, -0.25) is 4.79 Å². The molecule has 0 saturated heterocycles. The summed E-state index contributed by atoms with van der Waals surface area (Å²) < 4.78 is 44.2. The maximum absolute atomic E-state index is 11.9. The van der Waals surface area contributed by atoms with Crippen LogP contribution in [0.15, 0.2) is 24.3 Å². The number of esters is 1. The van der Waals surface area contributed by atoms with Gasteiger partial charge in [0, 0.05) is 6.54 Å². The molecule has 0 heterocycles. The van der Waals surface area contributed by atoms with Crippen molar-refractivity contribution in [1.29, 1.82) is 0 Å². The molecular formula is C12H14F3NO3. The maximum atomic E-state index is 11.9. The van der Waals surface area contributed by atoms with E-state index in [0.29, 0.717) is 13.2 Å². The molecule has 0 aliphatic carbocycles. The molecule has 1 aromatic rings. The van der Waals surface area contributed by atoms with Crippen molar-refractivity contribution >= 4 is 5.97 Å². The Hall–Kier alpha value is -1.76. The Morgan fingerprint density at radius 2 is 1.89 bits per heavy atom. The highest BCUT2D eigenvalue weighted by Gasteiger charge is 2.30. The maximum Gasteiger partial charge on any atom is 0.573 e. The van der Waals surface area contributed by atoms with Crippen molar-refractivity contribution < 1.29 is 27.4 Å². The number of carbonyl (C=O) groups excluding carboxylic acids is 1. The fraction of sp³-hybridized carbons (Fsp3) is 0.417. The van der Waals surface area contributed by atoms with Crippen molar-refractivity contribution in [2.75, 3.05) is 13.2 Å². The van der Waals surface area contributed by atoms with E-state index in [2.05, 4.69) is 10.1 Å². The van der Waals surface area contributed by atoms with Gasteiger partial charge in [0.05, 0.1) is 13.2 Å². The second-order valence-electron chi connectivity index (χ2n) is 3.60. The Morgan fingerprint density at radius 1 is 1.26 bits per heavy atom. The van der Waals surface area contributed by atoms with Crippen molar-refractivity contribution in [3.63, 3.8) is 0 Å². The molecule has 106 valence electrons. The number of benzene rings is 1. The quantitative estimate of drug-likeness (QED) is 0.810. The van der Waals surface area contributed by atoms with Gasteiger partial charge >= 0.3 is 12.3 Å². The van der Waals surface area contributed by atoms with Crippen LogP contribution in [0.3, 0.4) is 0 Å². The summed E-state index contributed by atoms with van der Waals surface area (Å²) in [6, 6.07) is 5.40. The van der Waals surface area contributed by atoms with Gasteiger partial charge in [0.15, 0.2) is 0 Å². The molecule has 0 spiro atoms. The second-order valence-corrected chi connectivity index (χ2v) is 3.60.